The summed E-state index contributed by atoms with van der Waals surface area (Å²) >= 11 is 3.09. The number of nitrogens with two attached hydrogens (primary N) is 1. The lowest BCUT2D eigenvalue weighted by Crippen LogP contribution is -2.26. The lowest BCUT2D eigenvalue weighted by Gasteiger charge is -2.11. The van der Waals surface area contributed by atoms with E-state index in [4.69, 9.17) is 5.73 Å². The van der Waals surface area contributed by atoms with Gasteiger partial charge in [-0.2, -0.15) is 0 Å². The van der Waals surface area contributed by atoms with Crippen LogP contribution in [0.5, 0.6) is 0 Å². The molecule has 0 saturated heterocycles. The maximum Gasteiger partial charge on any atom is 0.271 e. The molecule has 0 aliphatic carbocycles. The van der Waals surface area contributed by atoms with Gasteiger partial charge in [0.25, 0.3) is 5.91 Å². The Balaban J connectivity index is 1.74. The summed E-state index contributed by atoms with van der Waals surface area (Å²) in [7, 11) is 0. The number of benzene rings is 1. The molecule has 1 atom stereocenters. The van der Waals surface area contributed by atoms with Crippen molar-refractivity contribution in [3.8, 4) is 10.6 Å². The van der Waals surface area contributed by atoms with Gasteiger partial charge in [0, 0.05) is 17.4 Å². The first-order chi connectivity index (χ1) is 12.5. The zero-order valence-electron chi connectivity index (χ0n) is 15.1. The molecule has 0 radical (unpaired) electrons. The van der Waals surface area contributed by atoms with Crippen molar-refractivity contribution >= 4 is 28.6 Å². The summed E-state index contributed by atoms with van der Waals surface area (Å²) in [6, 6.07) is 8.19. The van der Waals surface area contributed by atoms with Gasteiger partial charge in [0.1, 0.15) is 10.7 Å². The molecule has 0 saturated carbocycles. The molecule has 7 heteroatoms. The Kier molecular flexibility index (Phi) is 5.80. The molecule has 0 aliphatic rings. The van der Waals surface area contributed by atoms with Gasteiger partial charge in [-0.05, 0) is 27.3 Å². The highest BCUT2D eigenvalue weighted by Gasteiger charge is 2.19. The molecule has 26 heavy (non-hydrogen) atoms. The minimum absolute atomic E-state index is 0.126. The second kappa shape index (κ2) is 8.07. The van der Waals surface area contributed by atoms with Crippen molar-refractivity contribution in [2.45, 2.75) is 33.2 Å². The van der Waals surface area contributed by atoms with E-state index in [1.165, 1.54) is 16.9 Å². The molecule has 3 rings (SSSR count). The summed E-state index contributed by atoms with van der Waals surface area (Å²) in [5.74, 6) is -0.165. The van der Waals surface area contributed by atoms with Crippen LogP contribution in [-0.4, -0.2) is 22.4 Å². The Labute approximate surface area is 161 Å². The molecule has 0 fully saturated rings. The van der Waals surface area contributed by atoms with Gasteiger partial charge in [0.15, 0.2) is 0 Å². The number of thiazole rings is 2. The summed E-state index contributed by atoms with van der Waals surface area (Å²) < 4.78 is 0. The van der Waals surface area contributed by atoms with Gasteiger partial charge < -0.3 is 11.1 Å². The molecule has 1 aromatic carbocycles. The molecule has 3 N–H and O–H groups in total. The number of aryl methyl sites for hydroxylation is 2. The lowest BCUT2D eigenvalue weighted by atomic mass is 10.2. The molecule has 0 spiro atoms. The van der Waals surface area contributed by atoms with Crippen LogP contribution in [0.2, 0.25) is 0 Å². The molecule has 1 unspecified atom stereocenters. The maximum absolute atomic E-state index is 12.5. The fourth-order valence-electron chi connectivity index (χ4n) is 2.62. The first kappa shape index (κ1) is 18.7. The molecule has 2 heterocycles. The number of hydrogen-bond donors (Lipinski definition) is 2. The van der Waals surface area contributed by atoms with Crippen molar-refractivity contribution < 1.29 is 4.79 Å². The van der Waals surface area contributed by atoms with Crippen molar-refractivity contribution in [1.29, 1.82) is 0 Å². The minimum Gasteiger partial charge on any atom is -0.343 e. The summed E-state index contributed by atoms with van der Waals surface area (Å²) in [6.07, 6.45) is 0.696. The number of hydrogen-bond acceptors (Lipinski definition) is 6. The highest BCUT2D eigenvalue weighted by atomic mass is 32.1. The predicted molar refractivity (Wildman–Crippen MR) is 108 cm³/mol. The van der Waals surface area contributed by atoms with E-state index in [9.17, 15) is 4.79 Å². The van der Waals surface area contributed by atoms with E-state index < -0.39 is 0 Å². The Bertz CT molecular complexity index is 899. The van der Waals surface area contributed by atoms with Gasteiger partial charge in [-0.1, -0.05) is 29.8 Å². The van der Waals surface area contributed by atoms with Gasteiger partial charge in [-0.3, -0.25) is 4.79 Å². The van der Waals surface area contributed by atoms with Crippen LogP contribution >= 0.6 is 22.7 Å². The zero-order valence-corrected chi connectivity index (χ0v) is 16.7. The largest absolute Gasteiger partial charge is 0.343 e. The van der Waals surface area contributed by atoms with Crippen molar-refractivity contribution in [2.75, 3.05) is 6.54 Å². The zero-order chi connectivity index (χ0) is 18.7. The van der Waals surface area contributed by atoms with Crippen LogP contribution in [0.1, 0.15) is 44.6 Å². The quantitative estimate of drug-likeness (QED) is 0.674. The molecule has 0 aliphatic heterocycles. The fourth-order valence-corrected chi connectivity index (χ4v) is 4.49. The molecule has 3 aromatic rings. The first-order valence-corrected chi connectivity index (χ1v) is 10.2. The third-order valence-electron chi connectivity index (χ3n) is 4.01. The van der Waals surface area contributed by atoms with Crippen LogP contribution < -0.4 is 11.1 Å². The van der Waals surface area contributed by atoms with Crippen molar-refractivity contribution in [3.63, 3.8) is 0 Å². The molecule has 136 valence electrons. The van der Waals surface area contributed by atoms with Crippen LogP contribution in [0.25, 0.3) is 10.6 Å². The second-order valence-electron chi connectivity index (χ2n) is 6.20. The van der Waals surface area contributed by atoms with E-state index in [0.29, 0.717) is 18.7 Å². The van der Waals surface area contributed by atoms with E-state index in [1.807, 2.05) is 13.8 Å². The third-order valence-corrected chi connectivity index (χ3v) is 6.31. The Morgan fingerprint density at radius 3 is 2.65 bits per heavy atom. The molecular weight excluding hydrogens is 364 g/mol. The van der Waals surface area contributed by atoms with Gasteiger partial charge in [-0.25, -0.2) is 9.97 Å². The number of nitrogens with one attached hydrogen (secondary N) is 1. The standard InChI is InChI=1S/C19H22N4OS2/c1-11-4-6-14(7-5-11)19-22-13(3)17(26-19)12(2)21-18(24)15-10-25-16(23-15)8-9-20/h4-7,10,12H,8-9,20H2,1-3H3,(H,21,24). The average Bonchev–Trinajstić information content (AvgIpc) is 3.23. The molecule has 2 aromatic heterocycles. The smallest absolute Gasteiger partial charge is 0.271 e. The minimum atomic E-state index is -0.165. The number of carbonyl (C=O) groups excluding carboxylic acids is 1. The highest BCUT2D eigenvalue weighted by Crippen LogP contribution is 2.32. The van der Waals surface area contributed by atoms with Crippen LogP contribution in [-0.2, 0) is 6.42 Å². The Morgan fingerprint density at radius 1 is 1.23 bits per heavy atom. The number of carbonyl (C=O) groups is 1. The van der Waals surface area contributed by atoms with Crippen LogP contribution in [0.3, 0.4) is 0 Å². The summed E-state index contributed by atoms with van der Waals surface area (Å²) in [5.41, 5.74) is 9.25. The number of rotatable bonds is 6. The van der Waals surface area contributed by atoms with Gasteiger partial charge >= 0.3 is 0 Å². The van der Waals surface area contributed by atoms with Crippen molar-refractivity contribution in [2.24, 2.45) is 5.73 Å². The second-order valence-corrected chi connectivity index (χ2v) is 8.17. The molecule has 1 amide bonds. The molecule has 5 nitrogen and oxygen atoms in total. The maximum atomic E-state index is 12.5. The van der Waals surface area contributed by atoms with Crippen molar-refractivity contribution in [3.05, 3.63) is 56.5 Å². The predicted octanol–water partition coefficient (Wildman–Crippen LogP) is 3.88. The number of aromatic nitrogens is 2. The molecule has 0 bridgehead atoms. The van der Waals surface area contributed by atoms with E-state index in [-0.39, 0.29) is 11.9 Å². The van der Waals surface area contributed by atoms with E-state index in [2.05, 4.69) is 46.5 Å². The molecular formula is C19H22N4OS2. The number of amides is 1. The van der Waals surface area contributed by atoms with Gasteiger partial charge in [0.2, 0.25) is 0 Å². The Morgan fingerprint density at radius 2 is 1.96 bits per heavy atom. The topological polar surface area (TPSA) is 80.9 Å². The third kappa shape index (κ3) is 4.17. The fraction of sp³-hybridized carbons (Fsp3) is 0.316. The van der Waals surface area contributed by atoms with E-state index >= 15 is 0 Å². The van der Waals surface area contributed by atoms with E-state index in [1.54, 1.807) is 16.7 Å². The monoisotopic (exact) mass is 386 g/mol. The number of nitrogens with zero attached hydrogens (tertiary/aromatic N) is 2. The lowest BCUT2D eigenvalue weighted by molar-refractivity contribution is 0.0936. The average molecular weight is 387 g/mol. The van der Waals surface area contributed by atoms with E-state index in [0.717, 1.165) is 26.1 Å². The highest BCUT2D eigenvalue weighted by molar-refractivity contribution is 7.15. The van der Waals surface area contributed by atoms with Crippen LogP contribution in [0.15, 0.2) is 29.6 Å². The normalized spacial score (nSPS) is 12.2. The Hall–Kier alpha value is -2.09. The van der Waals surface area contributed by atoms with Crippen molar-refractivity contribution in [1.82, 2.24) is 15.3 Å². The SMILES string of the molecule is Cc1ccc(-c2nc(C)c(C(C)NC(=O)c3csc(CCN)n3)s2)cc1. The van der Waals surface area contributed by atoms with Crippen LogP contribution in [0, 0.1) is 13.8 Å². The summed E-state index contributed by atoms with van der Waals surface area (Å²) in [4.78, 5) is 22.5. The van der Waals surface area contributed by atoms with Crippen LogP contribution in [0.4, 0.5) is 0 Å². The van der Waals surface area contributed by atoms with Gasteiger partial charge in [-0.15, -0.1) is 22.7 Å². The summed E-state index contributed by atoms with van der Waals surface area (Å²) in [5, 5.41) is 6.67. The van der Waals surface area contributed by atoms with Gasteiger partial charge in [0.05, 0.1) is 21.6 Å². The first-order valence-electron chi connectivity index (χ1n) is 8.47. The summed E-state index contributed by atoms with van der Waals surface area (Å²) in [6.45, 7) is 6.56.